The van der Waals surface area contributed by atoms with Crippen molar-refractivity contribution < 1.29 is 9.53 Å². The standard InChI is InChI=1S/C16H26N2O2.ClH/c1-14-7-6-8-15(13-14)20-12-11-18-16(19)9-4-2-3-5-10-17;/h6-8,13H,2-5,9-12,17H2,1H3,(H,18,19);1H. The minimum Gasteiger partial charge on any atom is -0.492 e. The van der Waals surface area contributed by atoms with Gasteiger partial charge >= 0.3 is 0 Å². The third kappa shape index (κ3) is 10.2. The van der Waals surface area contributed by atoms with Crippen molar-refractivity contribution in [2.24, 2.45) is 5.73 Å². The highest BCUT2D eigenvalue weighted by molar-refractivity contribution is 5.85. The lowest BCUT2D eigenvalue weighted by Crippen LogP contribution is -2.27. The van der Waals surface area contributed by atoms with Gasteiger partial charge in [-0.25, -0.2) is 0 Å². The summed E-state index contributed by atoms with van der Waals surface area (Å²) in [4.78, 5) is 11.5. The SMILES string of the molecule is Cc1cccc(OCCNC(=O)CCCCCCN)c1.Cl. The van der Waals surface area contributed by atoms with Crippen LogP contribution in [0.15, 0.2) is 24.3 Å². The van der Waals surface area contributed by atoms with Gasteiger partial charge in [-0.3, -0.25) is 4.79 Å². The van der Waals surface area contributed by atoms with Gasteiger partial charge in [0.15, 0.2) is 0 Å². The first-order valence-electron chi connectivity index (χ1n) is 7.38. The lowest BCUT2D eigenvalue weighted by atomic mass is 10.1. The molecule has 0 unspecified atom stereocenters. The van der Waals surface area contributed by atoms with Crippen molar-refractivity contribution in [2.45, 2.75) is 39.0 Å². The Kier molecular flexibility index (Phi) is 11.7. The summed E-state index contributed by atoms with van der Waals surface area (Å²) in [6.45, 7) is 3.82. The van der Waals surface area contributed by atoms with Crippen LogP contribution in [0.2, 0.25) is 0 Å². The number of carbonyl (C=O) groups excluding carboxylic acids is 1. The zero-order chi connectivity index (χ0) is 14.6. The number of halogens is 1. The molecule has 21 heavy (non-hydrogen) atoms. The molecule has 0 spiro atoms. The van der Waals surface area contributed by atoms with E-state index in [1.807, 2.05) is 31.2 Å². The number of amides is 1. The van der Waals surface area contributed by atoms with E-state index in [-0.39, 0.29) is 18.3 Å². The van der Waals surface area contributed by atoms with Gasteiger partial charge in [0.1, 0.15) is 12.4 Å². The fourth-order valence-corrected chi connectivity index (χ4v) is 1.94. The van der Waals surface area contributed by atoms with E-state index >= 15 is 0 Å². The van der Waals surface area contributed by atoms with E-state index in [0.717, 1.165) is 38.0 Å². The predicted octanol–water partition coefficient (Wildman–Crippen LogP) is 2.82. The molecule has 0 aliphatic rings. The Morgan fingerprint density at radius 3 is 2.71 bits per heavy atom. The topological polar surface area (TPSA) is 64.3 Å². The van der Waals surface area contributed by atoms with Gasteiger partial charge in [0.25, 0.3) is 0 Å². The molecule has 3 N–H and O–H groups in total. The van der Waals surface area contributed by atoms with Crippen molar-refractivity contribution >= 4 is 18.3 Å². The van der Waals surface area contributed by atoms with Crippen LogP contribution in [0.4, 0.5) is 0 Å². The van der Waals surface area contributed by atoms with E-state index in [2.05, 4.69) is 5.32 Å². The molecule has 0 radical (unpaired) electrons. The molecule has 0 heterocycles. The van der Waals surface area contributed by atoms with Gasteiger partial charge in [0.05, 0.1) is 6.54 Å². The number of benzene rings is 1. The third-order valence-electron chi connectivity index (χ3n) is 3.04. The van der Waals surface area contributed by atoms with E-state index in [0.29, 0.717) is 19.6 Å². The predicted molar refractivity (Wildman–Crippen MR) is 89.1 cm³/mol. The number of unbranched alkanes of at least 4 members (excludes halogenated alkanes) is 3. The fourth-order valence-electron chi connectivity index (χ4n) is 1.94. The molecule has 1 rings (SSSR count). The van der Waals surface area contributed by atoms with Gasteiger partial charge in [-0.2, -0.15) is 0 Å². The fraction of sp³-hybridized carbons (Fsp3) is 0.562. The summed E-state index contributed by atoms with van der Waals surface area (Å²) < 4.78 is 5.57. The van der Waals surface area contributed by atoms with Crippen LogP contribution in [0.1, 0.15) is 37.7 Å². The molecule has 0 saturated carbocycles. The van der Waals surface area contributed by atoms with Gasteiger partial charge in [-0.15, -0.1) is 12.4 Å². The minimum absolute atomic E-state index is 0. The Bertz CT molecular complexity index is 400. The molecule has 0 atom stereocenters. The lowest BCUT2D eigenvalue weighted by molar-refractivity contribution is -0.121. The molecule has 120 valence electrons. The van der Waals surface area contributed by atoms with Crippen LogP contribution < -0.4 is 15.8 Å². The van der Waals surface area contributed by atoms with Crippen molar-refractivity contribution in [3.63, 3.8) is 0 Å². The quantitative estimate of drug-likeness (QED) is 0.653. The van der Waals surface area contributed by atoms with Crippen molar-refractivity contribution in [1.82, 2.24) is 5.32 Å². The molecule has 0 saturated heterocycles. The summed E-state index contributed by atoms with van der Waals surface area (Å²) in [7, 11) is 0. The Hall–Kier alpha value is -1.26. The molecular weight excluding hydrogens is 288 g/mol. The number of rotatable bonds is 10. The van der Waals surface area contributed by atoms with Crippen molar-refractivity contribution in [3.05, 3.63) is 29.8 Å². The molecule has 5 heteroatoms. The second kappa shape index (κ2) is 12.5. The van der Waals surface area contributed by atoms with E-state index in [4.69, 9.17) is 10.5 Å². The van der Waals surface area contributed by atoms with E-state index < -0.39 is 0 Å². The summed E-state index contributed by atoms with van der Waals surface area (Å²) in [6.07, 6.45) is 4.76. The summed E-state index contributed by atoms with van der Waals surface area (Å²) in [5.74, 6) is 0.951. The van der Waals surface area contributed by atoms with E-state index in [1.54, 1.807) is 0 Å². The highest BCUT2D eigenvalue weighted by Gasteiger charge is 2.00. The number of ether oxygens (including phenoxy) is 1. The molecular formula is C16H27ClN2O2. The molecule has 0 aromatic heterocycles. The number of aryl methyl sites for hydroxylation is 1. The smallest absolute Gasteiger partial charge is 0.220 e. The molecule has 1 aromatic carbocycles. The minimum atomic E-state index is 0. The van der Waals surface area contributed by atoms with Crippen molar-refractivity contribution in [3.8, 4) is 5.75 Å². The third-order valence-corrected chi connectivity index (χ3v) is 3.04. The molecule has 0 bridgehead atoms. The first-order chi connectivity index (χ1) is 9.72. The van der Waals surface area contributed by atoms with Gasteiger partial charge in [-0.05, 0) is 44.0 Å². The van der Waals surface area contributed by atoms with Gasteiger partial charge < -0.3 is 15.8 Å². The Labute approximate surface area is 133 Å². The number of nitrogens with two attached hydrogens (primary N) is 1. The number of hydrogen-bond acceptors (Lipinski definition) is 3. The number of nitrogens with one attached hydrogen (secondary N) is 1. The Balaban J connectivity index is 0.00000400. The maximum atomic E-state index is 11.5. The largest absolute Gasteiger partial charge is 0.492 e. The Morgan fingerprint density at radius 2 is 2.00 bits per heavy atom. The molecule has 1 amide bonds. The van der Waals surface area contributed by atoms with Crippen LogP contribution in [0.3, 0.4) is 0 Å². The summed E-state index contributed by atoms with van der Waals surface area (Å²) >= 11 is 0. The zero-order valence-corrected chi connectivity index (χ0v) is 13.6. The second-order valence-corrected chi connectivity index (χ2v) is 4.97. The summed E-state index contributed by atoms with van der Waals surface area (Å²) in [5.41, 5.74) is 6.59. The van der Waals surface area contributed by atoms with E-state index in [9.17, 15) is 4.79 Å². The number of carbonyl (C=O) groups is 1. The average Bonchev–Trinajstić information content (AvgIpc) is 2.43. The van der Waals surface area contributed by atoms with Crippen LogP contribution in [-0.4, -0.2) is 25.6 Å². The van der Waals surface area contributed by atoms with Crippen LogP contribution in [0.5, 0.6) is 5.75 Å². The van der Waals surface area contributed by atoms with Gasteiger partial charge in [-0.1, -0.05) is 25.0 Å². The van der Waals surface area contributed by atoms with Crippen LogP contribution in [0, 0.1) is 6.92 Å². The molecule has 0 aliphatic carbocycles. The first-order valence-corrected chi connectivity index (χ1v) is 7.38. The normalized spacial score (nSPS) is 9.81. The Morgan fingerprint density at radius 1 is 1.24 bits per heavy atom. The first kappa shape index (κ1) is 19.7. The molecule has 0 fully saturated rings. The van der Waals surface area contributed by atoms with Gasteiger partial charge in [0.2, 0.25) is 5.91 Å². The van der Waals surface area contributed by atoms with E-state index in [1.165, 1.54) is 5.56 Å². The lowest BCUT2D eigenvalue weighted by Gasteiger charge is -2.08. The second-order valence-electron chi connectivity index (χ2n) is 4.97. The van der Waals surface area contributed by atoms with Gasteiger partial charge in [0, 0.05) is 6.42 Å². The summed E-state index contributed by atoms with van der Waals surface area (Å²) in [5, 5.41) is 2.87. The maximum absolute atomic E-state index is 11.5. The van der Waals surface area contributed by atoms with Crippen LogP contribution in [-0.2, 0) is 4.79 Å². The van der Waals surface area contributed by atoms with Crippen molar-refractivity contribution in [1.29, 1.82) is 0 Å². The highest BCUT2D eigenvalue weighted by Crippen LogP contribution is 2.11. The monoisotopic (exact) mass is 314 g/mol. The summed E-state index contributed by atoms with van der Waals surface area (Å²) in [6, 6.07) is 7.90. The maximum Gasteiger partial charge on any atom is 0.220 e. The van der Waals surface area contributed by atoms with Crippen LogP contribution >= 0.6 is 12.4 Å². The number of hydrogen-bond donors (Lipinski definition) is 2. The molecule has 0 aliphatic heterocycles. The zero-order valence-electron chi connectivity index (χ0n) is 12.8. The van der Waals surface area contributed by atoms with Crippen molar-refractivity contribution in [2.75, 3.05) is 19.7 Å². The average molecular weight is 315 g/mol. The van der Waals surface area contributed by atoms with Crippen LogP contribution in [0.25, 0.3) is 0 Å². The highest BCUT2D eigenvalue weighted by atomic mass is 35.5. The molecule has 4 nitrogen and oxygen atoms in total. The molecule has 1 aromatic rings.